The molecule has 0 aromatic heterocycles. The van der Waals surface area contributed by atoms with Gasteiger partial charge in [-0.1, -0.05) is 42.5 Å². The Hall–Kier alpha value is -3.47. The van der Waals surface area contributed by atoms with Gasteiger partial charge in [0.15, 0.2) is 6.10 Å². The number of benzene rings is 3. The second kappa shape index (κ2) is 8.95. The molecule has 0 unspecified atom stereocenters. The lowest BCUT2D eigenvalue weighted by atomic mass is 10.1. The number of hydrogen-bond acceptors (Lipinski definition) is 4. The predicted molar refractivity (Wildman–Crippen MR) is 110 cm³/mol. The molecule has 3 aromatic carbocycles. The number of carbonyl (C=O) groups excluding carboxylic acids is 1. The van der Waals surface area contributed by atoms with Gasteiger partial charge in [0.1, 0.15) is 17.2 Å². The van der Waals surface area contributed by atoms with Crippen LogP contribution in [0.2, 0.25) is 0 Å². The van der Waals surface area contributed by atoms with E-state index in [9.17, 15) is 4.79 Å². The van der Waals surface area contributed by atoms with Crippen LogP contribution in [0, 0.1) is 0 Å². The van der Waals surface area contributed by atoms with E-state index < -0.39 is 6.10 Å². The van der Waals surface area contributed by atoms with E-state index >= 15 is 0 Å². The lowest BCUT2D eigenvalue weighted by molar-refractivity contribution is -0.122. The highest BCUT2D eigenvalue weighted by molar-refractivity contribution is 5.95. The van der Waals surface area contributed by atoms with Crippen molar-refractivity contribution in [1.29, 1.82) is 0 Å². The summed E-state index contributed by atoms with van der Waals surface area (Å²) in [6, 6.07) is 23.0. The SMILES string of the molecule is COc1ccc(OC)c(NC(=O)[C@@H](C)Oc2ccc(-c3ccccc3)cc2)c1. The van der Waals surface area contributed by atoms with Gasteiger partial charge in [-0.2, -0.15) is 0 Å². The molecular formula is C23H23NO4. The first kappa shape index (κ1) is 19.3. The molecule has 5 heteroatoms. The summed E-state index contributed by atoms with van der Waals surface area (Å²) in [5.41, 5.74) is 2.75. The summed E-state index contributed by atoms with van der Waals surface area (Å²) in [7, 11) is 3.12. The van der Waals surface area contributed by atoms with Gasteiger partial charge >= 0.3 is 0 Å². The van der Waals surface area contributed by atoms with Crippen LogP contribution in [0.15, 0.2) is 72.8 Å². The standard InChI is InChI=1S/C23H23NO4/c1-16(23(25)24-21-15-20(26-2)13-14-22(21)27-3)28-19-11-9-18(10-12-19)17-7-5-4-6-8-17/h4-16H,1-3H3,(H,24,25)/t16-/m1/s1. The van der Waals surface area contributed by atoms with E-state index in [1.165, 1.54) is 0 Å². The predicted octanol–water partition coefficient (Wildman–Crippen LogP) is 4.78. The zero-order chi connectivity index (χ0) is 19.9. The molecule has 0 bridgehead atoms. The van der Waals surface area contributed by atoms with Gasteiger partial charge in [-0.3, -0.25) is 4.79 Å². The van der Waals surface area contributed by atoms with Crippen molar-refractivity contribution >= 4 is 11.6 Å². The van der Waals surface area contributed by atoms with Crippen molar-refractivity contribution in [1.82, 2.24) is 0 Å². The molecular weight excluding hydrogens is 354 g/mol. The average Bonchev–Trinajstić information content (AvgIpc) is 2.74. The fraction of sp³-hybridized carbons (Fsp3) is 0.174. The number of nitrogens with one attached hydrogen (secondary N) is 1. The van der Waals surface area contributed by atoms with Crippen LogP contribution in [0.1, 0.15) is 6.92 Å². The van der Waals surface area contributed by atoms with E-state index in [0.29, 0.717) is 22.9 Å². The molecule has 144 valence electrons. The Balaban J connectivity index is 1.66. The van der Waals surface area contributed by atoms with E-state index in [1.807, 2.05) is 54.6 Å². The van der Waals surface area contributed by atoms with E-state index in [2.05, 4.69) is 5.32 Å². The Bertz CT molecular complexity index is 923. The lowest BCUT2D eigenvalue weighted by Gasteiger charge is -2.17. The lowest BCUT2D eigenvalue weighted by Crippen LogP contribution is -2.30. The van der Waals surface area contributed by atoms with Crippen LogP contribution in [-0.2, 0) is 4.79 Å². The van der Waals surface area contributed by atoms with Crippen LogP contribution in [0.5, 0.6) is 17.2 Å². The first-order valence-electron chi connectivity index (χ1n) is 8.95. The van der Waals surface area contributed by atoms with Crippen molar-refractivity contribution in [3.63, 3.8) is 0 Å². The largest absolute Gasteiger partial charge is 0.497 e. The van der Waals surface area contributed by atoms with Crippen LogP contribution in [-0.4, -0.2) is 26.2 Å². The van der Waals surface area contributed by atoms with Gasteiger partial charge in [0, 0.05) is 6.07 Å². The molecule has 1 N–H and O–H groups in total. The smallest absolute Gasteiger partial charge is 0.265 e. The number of methoxy groups -OCH3 is 2. The summed E-state index contributed by atoms with van der Waals surface area (Å²) in [4.78, 5) is 12.5. The van der Waals surface area contributed by atoms with Crippen molar-refractivity contribution in [2.75, 3.05) is 19.5 Å². The number of rotatable bonds is 7. The molecule has 0 aliphatic heterocycles. The third-order valence-electron chi connectivity index (χ3n) is 4.31. The molecule has 0 heterocycles. The van der Waals surface area contributed by atoms with Crippen LogP contribution in [0.3, 0.4) is 0 Å². The maximum atomic E-state index is 12.5. The maximum Gasteiger partial charge on any atom is 0.265 e. The molecule has 0 aliphatic rings. The molecule has 5 nitrogen and oxygen atoms in total. The van der Waals surface area contributed by atoms with E-state index in [4.69, 9.17) is 14.2 Å². The summed E-state index contributed by atoms with van der Waals surface area (Å²) in [5, 5.41) is 2.82. The third kappa shape index (κ3) is 4.62. The van der Waals surface area contributed by atoms with Gasteiger partial charge in [0.2, 0.25) is 0 Å². The highest BCUT2D eigenvalue weighted by atomic mass is 16.5. The van der Waals surface area contributed by atoms with Gasteiger partial charge in [-0.15, -0.1) is 0 Å². The number of hydrogen-bond donors (Lipinski definition) is 1. The van der Waals surface area contributed by atoms with Crippen LogP contribution < -0.4 is 19.5 Å². The molecule has 0 radical (unpaired) electrons. The summed E-state index contributed by atoms with van der Waals surface area (Å²) < 4.78 is 16.3. The Morgan fingerprint density at radius 2 is 1.46 bits per heavy atom. The Labute approximate surface area is 164 Å². The first-order chi connectivity index (χ1) is 13.6. The van der Waals surface area contributed by atoms with E-state index in [-0.39, 0.29) is 5.91 Å². The van der Waals surface area contributed by atoms with Crippen molar-refractivity contribution in [2.24, 2.45) is 0 Å². The highest BCUT2D eigenvalue weighted by Crippen LogP contribution is 2.29. The van der Waals surface area contributed by atoms with Crippen LogP contribution in [0.4, 0.5) is 5.69 Å². The van der Waals surface area contributed by atoms with E-state index in [0.717, 1.165) is 11.1 Å². The van der Waals surface area contributed by atoms with Crippen LogP contribution >= 0.6 is 0 Å². The molecule has 28 heavy (non-hydrogen) atoms. The summed E-state index contributed by atoms with van der Waals surface area (Å²) >= 11 is 0. The molecule has 0 saturated heterocycles. The van der Waals surface area contributed by atoms with Crippen molar-refractivity contribution in [2.45, 2.75) is 13.0 Å². The summed E-state index contributed by atoms with van der Waals surface area (Å²) in [6.07, 6.45) is -0.682. The van der Waals surface area contributed by atoms with Crippen LogP contribution in [0.25, 0.3) is 11.1 Å². The number of carbonyl (C=O) groups is 1. The molecule has 3 rings (SSSR count). The maximum absolute atomic E-state index is 12.5. The van der Waals surface area contributed by atoms with Gasteiger partial charge in [0.25, 0.3) is 5.91 Å². The summed E-state index contributed by atoms with van der Waals surface area (Å²) in [5.74, 6) is 1.52. The Morgan fingerprint density at radius 3 is 2.11 bits per heavy atom. The van der Waals surface area contributed by atoms with Crippen molar-refractivity contribution < 1.29 is 19.0 Å². The minimum absolute atomic E-state index is 0.279. The zero-order valence-corrected chi connectivity index (χ0v) is 16.1. The normalized spacial score (nSPS) is 11.4. The number of amides is 1. The van der Waals surface area contributed by atoms with Gasteiger partial charge in [-0.25, -0.2) is 0 Å². The molecule has 1 amide bonds. The first-order valence-corrected chi connectivity index (χ1v) is 8.95. The van der Waals surface area contributed by atoms with Gasteiger partial charge < -0.3 is 19.5 Å². The van der Waals surface area contributed by atoms with E-state index in [1.54, 1.807) is 39.3 Å². The molecule has 0 fully saturated rings. The molecule has 0 saturated carbocycles. The second-order valence-electron chi connectivity index (χ2n) is 6.21. The third-order valence-corrected chi connectivity index (χ3v) is 4.31. The second-order valence-corrected chi connectivity index (χ2v) is 6.21. The minimum Gasteiger partial charge on any atom is -0.497 e. The minimum atomic E-state index is -0.682. The monoisotopic (exact) mass is 377 g/mol. The fourth-order valence-corrected chi connectivity index (χ4v) is 2.76. The van der Waals surface area contributed by atoms with Crippen molar-refractivity contribution in [3.8, 4) is 28.4 Å². The highest BCUT2D eigenvalue weighted by Gasteiger charge is 2.17. The average molecular weight is 377 g/mol. The van der Waals surface area contributed by atoms with Crippen molar-refractivity contribution in [3.05, 3.63) is 72.8 Å². The summed E-state index contributed by atoms with van der Waals surface area (Å²) in [6.45, 7) is 1.70. The number of ether oxygens (including phenoxy) is 3. The fourth-order valence-electron chi connectivity index (χ4n) is 2.76. The van der Waals surface area contributed by atoms with Gasteiger partial charge in [0.05, 0.1) is 19.9 Å². The number of anilines is 1. The molecule has 3 aromatic rings. The topological polar surface area (TPSA) is 56.8 Å². The van der Waals surface area contributed by atoms with Gasteiger partial charge in [-0.05, 0) is 42.3 Å². The molecule has 1 atom stereocenters. The molecule has 0 aliphatic carbocycles. The molecule has 0 spiro atoms. The Kier molecular flexibility index (Phi) is 6.17. The Morgan fingerprint density at radius 1 is 0.821 bits per heavy atom. The zero-order valence-electron chi connectivity index (χ0n) is 16.1. The quantitative estimate of drug-likeness (QED) is 0.644.